The third-order valence-electron chi connectivity index (χ3n) is 2.22. The fourth-order valence-electron chi connectivity index (χ4n) is 1.39. The lowest BCUT2D eigenvalue weighted by Gasteiger charge is -2.15. The molecule has 0 spiro atoms. The number of benzene rings is 1. The second-order valence-corrected chi connectivity index (χ2v) is 4.42. The Labute approximate surface area is 97.6 Å². The van der Waals surface area contributed by atoms with Crippen LogP contribution in [0, 0.1) is 5.82 Å². The number of phenolic OH excluding ortho intramolecular Hbond substituents is 1. The lowest BCUT2D eigenvalue weighted by Crippen LogP contribution is -2.19. The van der Waals surface area contributed by atoms with Crippen molar-refractivity contribution in [2.45, 2.75) is 26.3 Å². The van der Waals surface area contributed by atoms with Crippen LogP contribution in [0.5, 0.6) is 5.75 Å². The molecule has 0 aromatic heterocycles. The highest BCUT2D eigenvalue weighted by Gasteiger charge is 2.14. The van der Waals surface area contributed by atoms with E-state index < -0.39 is 5.82 Å². The number of rotatable bonds is 4. The maximum atomic E-state index is 13.2. The fourth-order valence-corrected chi connectivity index (χ4v) is 1.83. The van der Waals surface area contributed by atoms with Crippen molar-refractivity contribution in [3.63, 3.8) is 0 Å². The average Bonchev–Trinajstić information content (AvgIpc) is 2.19. The standard InChI is InChI=1S/C11H15BrFNO/c1-3-4-14-7(2)9-5-8(12)6-10(13)11(9)15/h5-7,14-15H,3-4H2,1-2H3. The average molecular weight is 276 g/mol. The second kappa shape index (κ2) is 5.47. The molecule has 2 N–H and O–H groups in total. The Morgan fingerprint density at radius 3 is 2.80 bits per heavy atom. The van der Waals surface area contributed by atoms with E-state index >= 15 is 0 Å². The van der Waals surface area contributed by atoms with Crippen LogP contribution in [0.25, 0.3) is 0 Å². The van der Waals surface area contributed by atoms with E-state index in [1.54, 1.807) is 6.07 Å². The minimum atomic E-state index is -0.593. The van der Waals surface area contributed by atoms with Crippen molar-refractivity contribution < 1.29 is 9.50 Å². The Bertz CT molecular complexity index is 344. The van der Waals surface area contributed by atoms with E-state index in [2.05, 4.69) is 28.2 Å². The van der Waals surface area contributed by atoms with Gasteiger partial charge in [0.2, 0.25) is 0 Å². The highest BCUT2D eigenvalue weighted by Crippen LogP contribution is 2.30. The maximum Gasteiger partial charge on any atom is 0.166 e. The molecule has 1 atom stereocenters. The molecule has 1 aromatic rings. The molecular formula is C11H15BrFNO. The van der Waals surface area contributed by atoms with Gasteiger partial charge in [0.25, 0.3) is 0 Å². The Morgan fingerprint density at radius 1 is 1.53 bits per heavy atom. The first kappa shape index (κ1) is 12.5. The van der Waals surface area contributed by atoms with Gasteiger partial charge in [0.15, 0.2) is 11.6 Å². The van der Waals surface area contributed by atoms with Gasteiger partial charge in [-0.25, -0.2) is 4.39 Å². The Morgan fingerprint density at radius 2 is 2.20 bits per heavy atom. The van der Waals surface area contributed by atoms with Gasteiger partial charge in [-0.15, -0.1) is 0 Å². The van der Waals surface area contributed by atoms with Crippen LogP contribution < -0.4 is 5.32 Å². The van der Waals surface area contributed by atoms with Crippen LogP contribution in [0.2, 0.25) is 0 Å². The van der Waals surface area contributed by atoms with Crippen molar-refractivity contribution in [2.24, 2.45) is 0 Å². The van der Waals surface area contributed by atoms with Gasteiger partial charge in [0.05, 0.1) is 0 Å². The quantitative estimate of drug-likeness (QED) is 0.883. The number of phenols is 1. The smallest absolute Gasteiger partial charge is 0.166 e. The van der Waals surface area contributed by atoms with Crippen LogP contribution in [-0.4, -0.2) is 11.7 Å². The highest BCUT2D eigenvalue weighted by molar-refractivity contribution is 9.10. The molecule has 0 aliphatic rings. The fraction of sp³-hybridized carbons (Fsp3) is 0.455. The molecule has 1 aromatic carbocycles. The van der Waals surface area contributed by atoms with Crippen molar-refractivity contribution in [3.05, 3.63) is 28.0 Å². The number of aromatic hydroxyl groups is 1. The number of hydrogen-bond acceptors (Lipinski definition) is 2. The van der Waals surface area contributed by atoms with E-state index in [9.17, 15) is 9.50 Å². The van der Waals surface area contributed by atoms with Crippen LogP contribution in [0.15, 0.2) is 16.6 Å². The van der Waals surface area contributed by atoms with Gasteiger partial charge in [-0.2, -0.15) is 0 Å². The van der Waals surface area contributed by atoms with E-state index in [0.29, 0.717) is 10.0 Å². The monoisotopic (exact) mass is 275 g/mol. The zero-order valence-corrected chi connectivity index (χ0v) is 10.4. The first-order chi connectivity index (χ1) is 7.06. The molecule has 2 nitrogen and oxygen atoms in total. The Kier molecular flexibility index (Phi) is 4.54. The van der Waals surface area contributed by atoms with Gasteiger partial charge in [0, 0.05) is 16.1 Å². The topological polar surface area (TPSA) is 32.3 Å². The Hall–Kier alpha value is -0.610. The number of hydrogen-bond donors (Lipinski definition) is 2. The van der Waals surface area contributed by atoms with E-state index in [1.807, 2.05) is 6.92 Å². The first-order valence-electron chi connectivity index (χ1n) is 4.97. The van der Waals surface area contributed by atoms with Gasteiger partial charge < -0.3 is 10.4 Å². The summed E-state index contributed by atoms with van der Waals surface area (Å²) in [6, 6.07) is 2.92. The molecule has 0 bridgehead atoms. The summed E-state index contributed by atoms with van der Waals surface area (Å²) in [5, 5.41) is 12.8. The van der Waals surface area contributed by atoms with Crippen LogP contribution in [-0.2, 0) is 0 Å². The maximum absolute atomic E-state index is 13.2. The molecule has 0 saturated carbocycles. The van der Waals surface area contributed by atoms with Crippen molar-refractivity contribution in [1.29, 1.82) is 0 Å². The van der Waals surface area contributed by atoms with Crippen molar-refractivity contribution in [1.82, 2.24) is 5.32 Å². The van der Waals surface area contributed by atoms with Gasteiger partial charge in [0.1, 0.15) is 0 Å². The largest absolute Gasteiger partial charge is 0.505 e. The molecule has 0 aliphatic heterocycles. The van der Waals surface area contributed by atoms with Crippen LogP contribution in [0.4, 0.5) is 4.39 Å². The van der Waals surface area contributed by atoms with Crippen LogP contribution >= 0.6 is 15.9 Å². The Balaban J connectivity index is 2.92. The molecule has 1 rings (SSSR count). The van der Waals surface area contributed by atoms with Gasteiger partial charge in [-0.05, 0) is 32.0 Å². The number of nitrogens with one attached hydrogen (secondary N) is 1. The van der Waals surface area contributed by atoms with E-state index in [1.165, 1.54) is 6.07 Å². The summed E-state index contributed by atoms with van der Waals surface area (Å²) < 4.78 is 13.9. The zero-order chi connectivity index (χ0) is 11.4. The van der Waals surface area contributed by atoms with Crippen LogP contribution in [0.1, 0.15) is 31.9 Å². The molecule has 0 radical (unpaired) electrons. The van der Waals surface area contributed by atoms with Gasteiger partial charge in [-0.1, -0.05) is 22.9 Å². The molecule has 0 heterocycles. The molecule has 0 fully saturated rings. The summed E-state index contributed by atoms with van der Waals surface area (Å²) in [5.41, 5.74) is 0.579. The molecule has 0 amide bonds. The molecular weight excluding hydrogens is 261 g/mol. The van der Waals surface area contributed by atoms with Crippen molar-refractivity contribution in [2.75, 3.05) is 6.54 Å². The van der Waals surface area contributed by atoms with Gasteiger partial charge in [-0.3, -0.25) is 0 Å². The highest BCUT2D eigenvalue weighted by atomic mass is 79.9. The minimum absolute atomic E-state index is 0.0584. The zero-order valence-electron chi connectivity index (χ0n) is 8.85. The second-order valence-electron chi connectivity index (χ2n) is 3.50. The minimum Gasteiger partial charge on any atom is -0.505 e. The third-order valence-corrected chi connectivity index (χ3v) is 2.68. The van der Waals surface area contributed by atoms with E-state index in [-0.39, 0.29) is 11.8 Å². The number of halogens is 2. The van der Waals surface area contributed by atoms with Crippen LogP contribution in [0.3, 0.4) is 0 Å². The molecule has 0 saturated heterocycles. The van der Waals surface area contributed by atoms with Crippen molar-refractivity contribution >= 4 is 15.9 Å². The lowest BCUT2D eigenvalue weighted by molar-refractivity contribution is 0.414. The molecule has 84 valence electrons. The first-order valence-corrected chi connectivity index (χ1v) is 5.76. The summed E-state index contributed by atoms with van der Waals surface area (Å²) in [5.74, 6) is -0.862. The molecule has 15 heavy (non-hydrogen) atoms. The summed E-state index contributed by atoms with van der Waals surface area (Å²) >= 11 is 3.20. The van der Waals surface area contributed by atoms with E-state index in [4.69, 9.17) is 0 Å². The summed E-state index contributed by atoms with van der Waals surface area (Å²) in [6.45, 7) is 4.80. The molecule has 4 heteroatoms. The summed E-state index contributed by atoms with van der Waals surface area (Å²) in [4.78, 5) is 0. The molecule has 1 unspecified atom stereocenters. The lowest BCUT2D eigenvalue weighted by atomic mass is 10.1. The molecule has 0 aliphatic carbocycles. The predicted octanol–water partition coefficient (Wildman–Crippen LogP) is 3.35. The SMILES string of the molecule is CCCNC(C)c1cc(Br)cc(F)c1O. The van der Waals surface area contributed by atoms with Gasteiger partial charge >= 0.3 is 0 Å². The van der Waals surface area contributed by atoms with Crippen molar-refractivity contribution in [3.8, 4) is 5.75 Å². The third kappa shape index (κ3) is 3.18. The summed E-state index contributed by atoms with van der Waals surface area (Å²) in [7, 11) is 0. The normalized spacial score (nSPS) is 12.8. The predicted molar refractivity (Wildman–Crippen MR) is 62.5 cm³/mol. The van der Waals surface area contributed by atoms with E-state index in [0.717, 1.165) is 13.0 Å². The summed E-state index contributed by atoms with van der Waals surface area (Å²) in [6.07, 6.45) is 1.00.